The Hall–Kier alpha value is -2.92. The van der Waals surface area contributed by atoms with Crippen LogP contribution >= 0.6 is 23.4 Å². The lowest BCUT2D eigenvalue weighted by Crippen LogP contribution is -2.40. The predicted octanol–water partition coefficient (Wildman–Crippen LogP) is 2.76. The van der Waals surface area contributed by atoms with Gasteiger partial charge in [0, 0.05) is 24.7 Å². The van der Waals surface area contributed by atoms with Gasteiger partial charge in [-0.25, -0.2) is 4.98 Å². The number of likely N-dealkylation sites (N-methyl/N-ethyl adjacent to an activating group) is 1. The molecule has 2 aromatic heterocycles. The number of nitrogens with zero attached hydrogens (tertiary/aromatic N) is 4. The van der Waals surface area contributed by atoms with Crippen LogP contribution in [0.15, 0.2) is 58.1 Å². The highest BCUT2D eigenvalue weighted by Gasteiger charge is 2.37. The second-order valence-electron chi connectivity index (χ2n) is 7.17. The maximum atomic E-state index is 14.6. The minimum atomic E-state index is -3.24. The molecule has 0 radical (unpaired) electrons. The fourth-order valence-electron chi connectivity index (χ4n) is 3.15. The SMILES string of the molecule is CSc1cccnc1CNC(=O)Cn1c(Cl)cnc(NCC(F)(F)C2=CC=CCN2C)c1=O. The quantitative estimate of drug-likeness (QED) is 0.516. The summed E-state index contributed by atoms with van der Waals surface area (Å²) in [6.07, 6.45) is 9.30. The van der Waals surface area contributed by atoms with E-state index in [2.05, 4.69) is 20.6 Å². The third kappa shape index (κ3) is 6.11. The van der Waals surface area contributed by atoms with Gasteiger partial charge in [-0.15, -0.1) is 11.8 Å². The second-order valence-corrected chi connectivity index (χ2v) is 8.40. The van der Waals surface area contributed by atoms with E-state index in [1.165, 1.54) is 22.7 Å². The summed E-state index contributed by atoms with van der Waals surface area (Å²) in [5.74, 6) is -4.05. The van der Waals surface area contributed by atoms with Gasteiger partial charge >= 0.3 is 5.92 Å². The van der Waals surface area contributed by atoms with Gasteiger partial charge in [0.05, 0.1) is 30.7 Å². The molecule has 33 heavy (non-hydrogen) atoms. The average molecular weight is 497 g/mol. The van der Waals surface area contributed by atoms with Gasteiger partial charge in [-0.1, -0.05) is 23.8 Å². The lowest BCUT2D eigenvalue weighted by molar-refractivity contribution is -0.121. The summed E-state index contributed by atoms with van der Waals surface area (Å²) in [4.78, 5) is 35.5. The Kier molecular flexibility index (Phi) is 8.09. The molecule has 12 heteroatoms. The highest BCUT2D eigenvalue weighted by atomic mass is 35.5. The van der Waals surface area contributed by atoms with Crippen LogP contribution in [0, 0.1) is 0 Å². The van der Waals surface area contributed by atoms with Gasteiger partial charge in [0.15, 0.2) is 5.82 Å². The smallest absolute Gasteiger partial charge is 0.304 e. The molecule has 2 N–H and O–H groups in total. The van der Waals surface area contributed by atoms with Crippen LogP contribution in [0.1, 0.15) is 5.69 Å². The zero-order valence-electron chi connectivity index (χ0n) is 18.0. The first-order chi connectivity index (χ1) is 15.7. The number of aromatic nitrogens is 3. The van der Waals surface area contributed by atoms with E-state index in [0.29, 0.717) is 12.2 Å². The van der Waals surface area contributed by atoms with Crippen LogP contribution in [-0.4, -0.2) is 57.7 Å². The summed E-state index contributed by atoms with van der Waals surface area (Å²) in [5, 5.41) is 4.99. The van der Waals surface area contributed by atoms with E-state index in [1.54, 1.807) is 31.5 Å². The number of halogens is 3. The molecular weight excluding hydrogens is 474 g/mol. The molecular formula is C21H23ClF2N6O2S. The maximum Gasteiger partial charge on any atom is 0.304 e. The fraction of sp³-hybridized carbons (Fsp3) is 0.333. The number of carbonyl (C=O) groups is 1. The van der Waals surface area contributed by atoms with E-state index in [0.717, 1.165) is 15.7 Å². The summed E-state index contributed by atoms with van der Waals surface area (Å²) in [7, 11) is 1.56. The molecule has 0 saturated heterocycles. The Morgan fingerprint density at radius 2 is 2.15 bits per heavy atom. The fourth-order valence-corrected chi connectivity index (χ4v) is 3.91. The number of carbonyl (C=O) groups excluding carboxylic acids is 1. The van der Waals surface area contributed by atoms with Crippen LogP contribution in [0.3, 0.4) is 0 Å². The van der Waals surface area contributed by atoms with Crippen molar-refractivity contribution in [1.29, 1.82) is 0 Å². The second kappa shape index (κ2) is 10.8. The van der Waals surface area contributed by atoms with Gasteiger partial charge in [0.2, 0.25) is 5.91 Å². The molecule has 0 bridgehead atoms. The van der Waals surface area contributed by atoms with Crippen molar-refractivity contribution < 1.29 is 13.6 Å². The largest absolute Gasteiger partial charge is 0.369 e. The lowest BCUT2D eigenvalue weighted by Gasteiger charge is -2.30. The summed E-state index contributed by atoms with van der Waals surface area (Å²) in [6.45, 7) is -0.712. The molecule has 0 spiro atoms. The molecule has 0 aliphatic carbocycles. The van der Waals surface area contributed by atoms with Gasteiger partial charge in [0.1, 0.15) is 11.7 Å². The first-order valence-electron chi connectivity index (χ1n) is 9.93. The third-order valence-electron chi connectivity index (χ3n) is 4.86. The van der Waals surface area contributed by atoms with E-state index in [1.807, 2.05) is 12.3 Å². The number of thioether (sulfide) groups is 1. The molecule has 0 aromatic carbocycles. The molecule has 0 atom stereocenters. The number of amides is 1. The van der Waals surface area contributed by atoms with Gasteiger partial charge in [-0.2, -0.15) is 8.78 Å². The molecule has 3 heterocycles. The first kappa shape index (κ1) is 24.7. The highest BCUT2D eigenvalue weighted by Crippen LogP contribution is 2.28. The average Bonchev–Trinajstić information content (AvgIpc) is 2.80. The molecule has 1 aliphatic heterocycles. The Balaban J connectivity index is 1.68. The van der Waals surface area contributed by atoms with E-state index in [9.17, 15) is 18.4 Å². The molecule has 176 valence electrons. The van der Waals surface area contributed by atoms with Crippen molar-refractivity contribution in [2.75, 3.05) is 31.7 Å². The van der Waals surface area contributed by atoms with Crippen LogP contribution in [0.5, 0.6) is 0 Å². The van der Waals surface area contributed by atoms with E-state index >= 15 is 0 Å². The van der Waals surface area contributed by atoms with Crippen molar-refractivity contribution in [3.8, 4) is 0 Å². The van der Waals surface area contributed by atoms with Gasteiger partial charge in [-0.05, 0) is 24.5 Å². The highest BCUT2D eigenvalue weighted by molar-refractivity contribution is 7.98. The number of pyridine rings is 1. The number of hydrogen-bond donors (Lipinski definition) is 2. The Labute approximate surface area is 198 Å². The topological polar surface area (TPSA) is 92.2 Å². The van der Waals surface area contributed by atoms with Gasteiger partial charge < -0.3 is 15.5 Å². The van der Waals surface area contributed by atoms with Crippen molar-refractivity contribution in [3.05, 3.63) is 69.7 Å². The van der Waals surface area contributed by atoms with Crippen LogP contribution in [0.4, 0.5) is 14.6 Å². The van der Waals surface area contributed by atoms with Crippen LogP contribution in [0.2, 0.25) is 5.15 Å². The standard InChI is InChI=1S/C21H23ClF2N6O2S/c1-29-9-4-3-7-16(29)21(23,24)13-28-19-20(32)30(17(22)11-27-19)12-18(31)26-10-14-15(33-2)6-5-8-25-14/h3-8,11H,9-10,12-13H2,1-2H3,(H,26,31)(H,27,28). The normalized spacial score (nSPS) is 13.6. The Bertz CT molecular complexity index is 1140. The number of rotatable bonds is 9. The molecule has 8 nitrogen and oxygen atoms in total. The molecule has 0 saturated carbocycles. The zero-order valence-corrected chi connectivity index (χ0v) is 19.6. The van der Waals surface area contributed by atoms with E-state index in [-0.39, 0.29) is 23.2 Å². The number of hydrogen-bond acceptors (Lipinski definition) is 7. The molecule has 1 amide bonds. The van der Waals surface area contributed by atoms with Crippen LogP contribution in [-0.2, 0) is 17.9 Å². The number of nitrogens with one attached hydrogen (secondary N) is 2. The zero-order chi connectivity index (χ0) is 24.0. The van der Waals surface area contributed by atoms with E-state index < -0.39 is 30.5 Å². The monoisotopic (exact) mass is 496 g/mol. The van der Waals surface area contributed by atoms with Crippen LogP contribution in [0.25, 0.3) is 0 Å². The molecule has 1 aliphatic rings. The lowest BCUT2D eigenvalue weighted by atomic mass is 10.1. The minimum Gasteiger partial charge on any atom is -0.369 e. The van der Waals surface area contributed by atoms with Crippen LogP contribution < -0.4 is 16.2 Å². The van der Waals surface area contributed by atoms with Crippen molar-refractivity contribution in [2.24, 2.45) is 0 Å². The molecule has 0 fully saturated rings. The van der Waals surface area contributed by atoms with Crippen molar-refractivity contribution >= 4 is 35.1 Å². The Morgan fingerprint density at radius 1 is 1.36 bits per heavy atom. The van der Waals surface area contributed by atoms with Gasteiger partial charge in [0.25, 0.3) is 5.56 Å². The number of alkyl halides is 2. The Morgan fingerprint density at radius 3 is 2.88 bits per heavy atom. The molecule has 2 aromatic rings. The summed E-state index contributed by atoms with van der Waals surface area (Å²) in [6, 6.07) is 3.68. The van der Waals surface area contributed by atoms with Crippen molar-refractivity contribution in [1.82, 2.24) is 24.8 Å². The summed E-state index contributed by atoms with van der Waals surface area (Å²) in [5.41, 5.74) is -0.264. The number of allylic oxidation sites excluding steroid dienone is 2. The van der Waals surface area contributed by atoms with E-state index in [4.69, 9.17) is 11.6 Å². The maximum absolute atomic E-state index is 14.6. The van der Waals surface area contributed by atoms with Gasteiger partial charge in [-0.3, -0.25) is 19.1 Å². The summed E-state index contributed by atoms with van der Waals surface area (Å²) < 4.78 is 30.3. The minimum absolute atomic E-state index is 0.0880. The number of anilines is 1. The first-order valence-corrected chi connectivity index (χ1v) is 11.5. The third-order valence-corrected chi connectivity index (χ3v) is 5.98. The molecule has 0 unspecified atom stereocenters. The van der Waals surface area contributed by atoms with Crippen molar-refractivity contribution in [3.63, 3.8) is 0 Å². The molecule has 3 rings (SSSR count). The van der Waals surface area contributed by atoms with Crippen molar-refractivity contribution in [2.45, 2.75) is 23.9 Å². The summed E-state index contributed by atoms with van der Waals surface area (Å²) >= 11 is 7.54. The predicted molar refractivity (Wildman–Crippen MR) is 125 cm³/mol.